The summed E-state index contributed by atoms with van der Waals surface area (Å²) in [5, 5.41) is 6.72. The number of hydrogen-bond acceptors (Lipinski definition) is 6. The van der Waals surface area contributed by atoms with Crippen LogP contribution in [-0.2, 0) is 6.54 Å². The monoisotopic (exact) mass is 205 g/mol. The van der Waals surface area contributed by atoms with E-state index in [2.05, 4.69) is 20.4 Å². The van der Waals surface area contributed by atoms with Crippen LogP contribution in [0.3, 0.4) is 0 Å². The topological polar surface area (TPSA) is 89.9 Å². The quantitative estimate of drug-likeness (QED) is 0.775. The van der Waals surface area contributed by atoms with Gasteiger partial charge in [-0.1, -0.05) is 5.16 Å². The first-order chi connectivity index (χ1) is 7.24. The van der Waals surface area contributed by atoms with Crippen LogP contribution in [0.1, 0.15) is 11.7 Å². The minimum absolute atomic E-state index is 0.456. The second kappa shape index (κ2) is 3.95. The lowest BCUT2D eigenvalue weighted by atomic mass is 10.4. The third-order valence-electron chi connectivity index (χ3n) is 1.78. The molecule has 0 aliphatic carbocycles. The molecule has 0 saturated heterocycles. The van der Waals surface area contributed by atoms with Gasteiger partial charge in [-0.05, 0) is 19.1 Å². The molecule has 2 rings (SSSR count). The molecule has 0 aliphatic heterocycles. The summed E-state index contributed by atoms with van der Waals surface area (Å²) in [5.74, 6) is 1.88. The first-order valence-electron chi connectivity index (χ1n) is 4.48. The van der Waals surface area contributed by atoms with Crippen LogP contribution in [0.4, 0.5) is 11.5 Å². The Hall–Kier alpha value is -2.11. The molecule has 3 N–H and O–H groups in total. The maximum atomic E-state index is 5.51. The summed E-state index contributed by atoms with van der Waals surface area (Å²) in [6, 6.07) is 3.56. The van der Waals surface area contributed by atoms with Gasteiger partial charge in [-0.2, -0.15) is 4.98 Å². The number of pyridine rings is 1. The molecular weight excluding hydrogens is 194 g/mol. The molecule has 0 amide bonds. The normalized spacial score (nSPS) is 10.2. The van der Waals surface area contributed by atoms with Crippen molar-refractivity contribution in [1.29, 1.82) is 0 Å². The molecule has 2 heterocycles. The van der Waals surface area contributed by atoms with Crippen LogP contribution in [0.15, 0.2) is 22.9 Å². The molecule has 2 aromatic heterocycles. The Labute approximate surface area is 86.5 Å². The first-order valence-corrected chi connectivity index (χ1v) is 4.48. The average Bonchev–Trinajstić information content (AvgIpc) is 2.64. The molecule has 2 aromatic rings. The van der Waals surface area contributed by atoms with Crippen molar-refractivity contribution in [1.82, 2.24) is 15.1 Å². The molecular formula is C9H11N5O. The van der Waals surface area contributed by atoms with Crippen LogP contribution in [0.25, 0.3) is 0 Å². The number of nitrogens with zero attached hydrogens (tertiary/aromatic N) is 3. The first kappa shape index (κ1) is 9.45. The van der Waals surface area contributed by atoms with E-state index in [0.29, 0.717) is 23.9 Å². The summed E-state index contributed by atoms with van der Waals surface area (Å²) in [7, 11) is 0. The van der Waals surface area contributed by atoms with Crippen molar-refractivity contribution < 1.29 is 4.52 Å². The Morgan fingerprint density at radius 2 is 2.33 bits per heavy atom. The lowest BCUT2D eigenvalue weighted by molar-refractivity contribution is 0.379. The number of nitrogen functional groups attached to an aromatic ring is 1. The summed E-state index contributed by atoms with van der Waals surface area (Å²) < 4.78 is 4.93. The van der Waals surface area contributed by atoms with Gasteiger partial charge in [0.15, 0.2) is 5.82 Å². The Kier molecular flexibility index (Phi) is 2.49. The molecule has 78 valence electrons. The van der Waals surface area contributed by atoms with Crippen molar-refractivity contribution in [2.75, 3.05) is 11.1 Å². The van der Waals surface area contributed by atoms with Crippen molar-refractivity contribution >= 4 is 11.5 Å². The number of nitrogens with two attached hydrogens (primary N) is 1. The number of aromatic nitrogens is 3. The summed E-state index contributed by atoms with van der Waals surface area (Å²) in [4.78, 5) is 8.12. The summed E-state index contributed by atoms with van der Waals surface area (Å²) in [5.41, 5.74) is 6.14. The molecule has 0 saturated carbocycles. The standard InChI is InChI=1S/C9H11N5O/c1-6-13-9(15-14-6)5-12-8-3-2-7(10)4-11-8/h2-4H,5,10H2,1H3,(H,11,12). The van der Waals surface area contributed by atoms with Crippen molar-refractivity contribution in [2.45, 2.75) is 13.5 Å². The molecule has 0 atom stereocenters. The average molecular weight is 205 g/mol. The lowest BCUT2D eigenvalue weighted by Crippen LogP contribution is -2.01. The fraction of sp³-hybridized carbons (Fsp3) is 0.222. The van der Waals surface area contributed by atoms with Gasteiger partial charge < -0.3 is 15.6 Å². The molecule has 0 fully saturated rings. The summed E-state index contributed by atoms with van der Waals surface area (Å²) >= 11 is 0. The van der Waals surface area contributed by atoms with E-state index in [9.17, 15) is 0 Å². The molecule has 0 radical (unpaired) electrons. The van der Waals surface area contributed by atoms with E-state index < -0.39 is 0 Å². The van der Waals surface area contributed by atoms with Gasteiger partial charge in [-0.25, -0.2) is 4.98 Å². The van der Waals surface area contributed by atoms with E-state index in [1.54, 1.807) is 25.3 Å². The van der Waals surface area contributed by atoms with Gasteiger partial charge in [-0.15, -0.1) is 0 Å². The molecule has 0 aliphatic rings. The van der Waals surface area contributed by atoms with Crippen LogP contribution >= 0.6 is 0 Å². The van der Waals surface area contributed by atoms with Crippen LogP contribution in [0.2, 0.25) is 0 Å². The third kappa shape index (κ3) is 2.43. The second-order valence-corrected chi connectivity index (χ2v) is 3.07. The third-order valence-corrected chi connectivity index (χ3v) is 1.78. The van der Waals surface area contributed by atoms with Gasteiger partial charge in [0, 0.05) is 0 Å². The zero-order valence-corrected chi connectivity index (χ0v) is 8.27. The number of aryl methyl sites for hydroxylation is 1. The molecule has 6 heteroatoms. The van der Waals surface area contributed by atoms with E-state index in [1.807, 2.05) is 0 Å². The zero-order chi connectivity index (χ0) is 10.7. The van der Waals surface area contributed by atoms with Crippen LogP contribution in [0.5, 0.6) is 0 Å². The highest BCUT2D eigenvalue weighted by molar-refractivity contribution is 5.43. The van der Waals surface area contributed by atoms with Gasteiger partial charge in [-0.3, -0.25) is 0 Å². The minimum atomic E-state index is 0.456. The van der Waals surface area contributed by atoms with Crippen molar-refractivity contribution in [3.05, 3.63) is 30.0 Å². The smallest absolute Gasteiger partial charge is 0.245 e. The Bertz CT molecular complexity index is 436. The van der Waals surface area contributed by atoms with E-state index in [4.69, 9.17) is 10.3 Å². The zero-order valence-electron chi connectivity index (χ0n) is 8.27. The van der Waals surface area contributed by atoms with Crippen molar-refractivity contribution in [2.24, 2.45) is 0 Å². The van der Waals surface area contributed by atoms with Gasteiger partial charge >= 0.3 is 0 Å². The minimum Gasteiger partial charge on any atom is -0.397 e. The SMILES string of the molecule is Cc1noc(CNc2ccc(N)cn2)n1. The second-order valence-electron chi connectivity index (χ2n) is 3.07. The maximum absolute atomic E-state index is 5.51. The summed E-state index contributed by atoms with van der Waals surface area (Å²) in [6.07, 6.45) is 1.58. The predicted octanol–water partition coefficient (Wildman–Crippen LogP) is 0.967. The summed E-state index contributed by atoms with van der Waals surface area (Å²) in [6.45, 7) is 2.23. The fourth-order valence-corrected chi connectivity index (χ4v) is 1.09. The Morgan fingerprint density at radius 3 is 2.93 bits per heavy atom. The van der Waals surface area contributed by atoms with Gasteiger partial charge in [0.25, 0.3) is 0 Å². The largest absolute Gasteiger partial charge is 0.397 e. The van der Waals surface area contributed by atoms with E-state index in [1.165, 1.54) is 0 Å². The number of anilines is 2. The number of hydrogen-bond donors (Lipinski definition) is 2. The highest BCUT2D eigenvalue weighted by atomic mass is 16.5. The van der Waals surface area contributed by atoms with Gasteiger partial charge in [0.2, 0.25) is 5.89 Å². The molecule has 0 unspecified atom stereocenters. The maximum Gasteiger partial charge on any atom is 0.245 e. The van der Waals surface area contributed by atoms with E-state index >= 15 is 0 Å². The fourth-order valence-electron chi connectivity index (χ4n) is 1.09. The Morgan fingerprint density at radius 1 is 1.47 bits per heavy atom. The van der Waals surface area contributed by atoms with Gasteiger partial charge in [0.05, 0.1) is 18.4 Å². The van der Waals surface area contributed by atoms with Gasteiger partial charge in [0.1, 0.15) is 5.82 Å². The van der Waals surface area contributed by atoms with Crippen molar-refractivity contribution in [3.63, 3.8) is 0 Å². The molecule has 15 heavy (non-hydrogen) atoms. The molecule has 0 bridgehead atoms. The molecule has 0 aromatic carbocycles. The highest BCUT2D eigenvalue weighted by Gasteiger charge is 2.01. The van der Waals surface area contributed by atoms with Crippen LogP contribution in [-0.4, -0.2) is 15.1 Å². The number of rotatable bonds is 3. The highest BCUT2D eigenvalue weighted by Crippen LogP contribution is 2.07. The predicted molar refractivity (Wildman–Crippen MR) is 55.0 cm³/mol. The molecule has 0 spiro atoms. The van der Waals surface area contributed by atoms with E-state index in [-0.39, 0.29) is 0 Å². The Balaban J connectivity index is 1.96. The van der Waals surface area contributed by atoms with Crippen molar-refractivity contribution in [3.8, 4) is 0 Å². The van der Waals surface area contributed by atoms with Crippen LogP contribution in [0, 0.1) is 6.92 Å². The molecule has 6 nitrogen and oxygen atoms in total. The lowest BCUT2D eigenvalue weighted by Gasteiger charge is -2.01. The van der Waals surface area contributed by atoms with E-state index in [0.717, 1.165) is 5.82 Å². The number of nitrogens with one attached hydrogen (secondary N) is 1. The van der Waals surface area contributed by atoms with Crippen LogP contribution < -0.4 is 11.1 Å².